The molecule has 0 aromatic heterocycles. The summed E-state index contributed by atoms with van der Waals surface area (Å²) in [6.45, 7) is 0. The van der Waals surface area contributed by atoms with E-state index in [1.54, 1.807) is 0 Å². The fourth-order valence-electron chi connectivity index (χ4n) is 1.37. The zero-order valence-corrected chi connectivity index (χ0v) is 10.2. The molecule has 92 valence electrons. The van der Waals surface area contributed by atoms with E-state index in [9.17, 15) is 18.0 Å². The topological polar surface area (TPSA) is 29.1 Å². The molecular weight excluding hydrogens is 299 g/mol. The first-order valence-electron chi connectivity index (χ1n) is 5.05. The molecule has 0 spiro atoms. The van der Waals surface area contributed by atoms with Crippen molar-refractivity contribution in [2.75, 3.05) is 0 Å². The van der Waals surface area contributed by atoms with Crippen LogP contribution in [0.2, 0.25) is 0 Å². The largest absolute Gasteiger partial charge is 0.416 e. The molecule has 0 saturated heterocycles. The van der Waals surface area contributed by atoms with Crippen LogP contribution >= 0.6 is 15.9 Å². The molecule has 2 nitrogen and oxygen atoms in total. The second kappa shape index (κ2) is 4.33. The smallest absolute Gasteiger partial charge is 0.349 e. The Labute approximate surface area is 104 Å². The van der Waals surface area contributed by atoms with Gasteiger partial charge in [-0.25, -0.2) is 0 Å². The van der Waals surface area contributed by atoms with Gasteiger partial charge in [-0.3, -0.25) is 4.79 Å². The van der Waals surface area contributed by atoms with E-state index in [1.807, 2.05) is 0 Å². The van der Waals surface area contributed by atoms with Crippen LogP contribution in [0.15, 0.2) is 22.7 Å². The Hall–Kier alpha value is -1.04. The average molecular weight is 308 g/mol. The third-order valence-electron chi connectivity index (χ3n) is 2.45. The van der Waals surface area contributed by atoms with Crippen molar-refractivity contribution < 1.29 is 18.0 Å². The fourth-order valence-corrected chi connectivity index (χ4v) is 1.79. The van der Waals surface area contributed by atoms with Gasteiger partial charge in [-0.15, -0.1) is 0 Å². The van der Waals surface area contributed by atoms with Crippen molar-refractivity contribution in [3.63, 3.8) is 0 Å². The monoisotopic (exact) mass is 307 g/mol. The van der Waals surface area contributed by atoms with Gasteiger partial charge in [0, 0.05) is 10.5 Å². The summed E-state index contributed by atoms with van der Waals surface area (Å²) >= 11 is 3.08. The van der Waals surface area contributed by atoms with Gasteiger partial charge in [0.15, 0.2) is 0 Å². The molecule has 1 aromatic rings. The highest BCUT2D eigenvalue weighted by molar-refractivity contribution is 9.10. The Bertz CT molecular complexity index is 455. The number of alkyl halides is 3. The number of hydrogen-bond acceptors (Lipinski definition) is 1. The van der Waals surface area contributed by atoms with Gasteiger partial charge < -0.3 is 5.32 Å². The third-order valence-corrected chi connectivity index (χ3v) is 3.14. The zero-order valence-electron chi connectivity index (χ0n) is 8.64. The van der Waals surface area contributed by atoms with Crippen LogP contribution in [0.1, 0.15) is 28.8 Å². The molecule has 0 heterocycles. The van der Waals surface area contributed by atoms with Crippen LogP contribution in [0.3, 0.4) is 0 Å². The molecule has 1 saturated carbocycles. The number of halogens is 4. The van der Waals surface area contributed by atoms with Gasteiger partial charge in [-0.1, -0.05) is 0 Å². The first-order chi connectivity index (χ1) is 7.88. The van der Waals surface area contributed by atoms with E-state index in [-0.39, 0.29) is 11.6 Å². The van der Waals surface area contributed by atoms with Gasteiger partial charge >= 0.3 is 6.18 Å². The Morgan fingerprint density at radius 3 is 2.53 bits per heavy atom. The number of carbonyl (C=O) groups excluding carboxylic acids is 1. The lowest BCUT2D eigenvalue weighted by Gasteiger charge is -2.10. The molecule has 1 amide bonds. The fraction of sp³-hybridized carbons (Fsp3) is 0.364. The van der Waals surface area contributed by atoms with Crippen molar-refractivity contribution in [2.45, 2.75) is 25.1 Å². The van der Waals surface area contributed by atoms with Crippen molar-refractivity contribution in [3.8, 4) is 0 Å². The Kier molecular flexibility index (Phi) is 3.16. The van der Waals surface area contributed by atoms with Crippen molar-refractivity contribution in [2.24, 2.45) is 0 Å². The summed E-state index contributed by atoms with van der Waals surface area (Å²) in [7, 11) is 0. The lowest BCUT2D eigenvalue weighted by Crippen LogP contribution is -2.26. The van der Waals surface area contributed by atoms with Gasteiger partial charge in [-0.05, 0) is 47.0 Å². The number of amides is 1. The minimum atomic E-state index is -4.44. The second-order valence-electron chi connectivity index (χ2n) is 3.94. The number of nitrogens with one attached hydrogen (secondary N) is 1. The van der Waals surface area contributed by atoms with Gasteiger partial charge in [0.1, 0.15) is 0 Å². The Morgan fingerprint density at radius 1 is 1.35 bits per heavy atom. The number of benzene rings is 1. The second-order valence-corrected chi connectivity index (χ2v) is 4.79. The molecule has 0 bridgehead atoms. The van der Waals surface area contributed by atoms with E-state index in [4.69, 9.17) is 0 Å². The minimum Gasteiger partial charge on any atom is -0.349 e. The molecule has 0 radical (unpaired) electrons. The molecule has 6 heteroatoms. The minimum absolute atomic E-state index is 0.0201. The van der Waals surface area contributed by atoms with E-state index in [1.165, 1.54) is 6.07 Å². The standard InChI is InChI=1S/C11H9BrF3NO/c12-9-4-1-6(11(13,14)15)5-8(9)10(17)16-7-2-3-7/h1,4-5,7H,2-3H2,(H,16,17). The molecule has 0 atom stereocenters. The van der Waals surface area contributed by atoms with E-state index in [2.05, 4.69) is 21.2 Å². The highest BCUT2D eigenvalue weighted by Gasteiger charge is 2.32. The van der Waals surface area contributed by atoms with Crippen molar-refractivity contribution in [3.05, 3.63) is 33.8 Å². The van der Waals surface area contributed by atoms with Gasteiger partial charge in [0.25, 0.3) is 5.91 Å². The Morgan fingerprint density at radius 2 is 2.00 bits per heavy atom. The highest BCUT2D eigenvalue weighted by atomic mass is 79.9. The summed E-state index contributed by atoms with van der Waals surface area (Å²) in [5, 5.41) is 2.65. The SMILES string of the molecule is O=C(NC1CC1)c1cc(C(F)(F)F)ccc1Br. The lowest BCUT2D eigenvalue weighted by atomic mass is 10.1. The van der Waals surface area contributed by atoms with Crippen LogP contribution in [-0.2, 0) is 6.18 Å². The molecule has 0 unspecified atom stereocenters. The normalized spacial score (nSPS) is 15.8. The summed E-state index contributed by atoms with van der Waals surface area (Å²) in [5.41, 5.74) is -0.798. The number of hydrogen-bond donors (Lipinski definition) is 1. The van der Waals surface area contributed by atoms with Crippen LogP contribution in [0.5, 0.6) is 0 Å². The molecule has 1 fully saturated rings. The summed E-state index contributed by atoms with van der Waals surface area (Å²) in [5.74, 6) is -0.467. The molecule has 1 aliphatic rings. The van der Waals surface area contributed by atoms with Gasteiger partial charge in [0.05, 0.1) is 11.1 Å². The lowest BCUT2D eigenvalue weighted by molar-refractivity contribution is -0.137. The predicted octanol–water partition coefficient (Wildman–Crippen LogP) is 3.36. The summed E-state index contributed by atoms with van der Waals surface area (Å²) in [6, 6.07) is 3.16. The quantitative estimate of drug-likeness (QED) is 0.892. The van der Waals surface area contributed by atoms with Crippen LogP contribution in [0, 0.1) is 0 Å². The van der Waals surface area contributed by atoms with Crippen LogP contribution in [-0.4, -0.2) is 11.9 Å². The van der Waals surface area contributed by atoms with Crippen molar-refractivity contribution in [1.29, 1.82) is 0 Å². The maximum Gasteiger partial charge on any atom is 0.416 e. The van der Waals surface area contributed by atoms with E-state index < -0.39 is 17.6 Å². The van der Waals surface area contributed by atoms with Crippen molar-refractivity contribution >= 4 is 21.8 Å². The maximum absolute atomic E-state index is 12.5. The Balaban J connectivity index is 2.28. The van der Waals surface area contributed by atoms with Gasteiger partial charge in [-0.2, -0.15) is 13.2 Å². The van der Waals surface area contributed by atoms with E-state index >= 15 is 0 Å². The number of carbonyl (C=O) groups is 1. The number of rotatable bonds is 2. The molecular formula is C11H9BrF3NO. The summed E-state index contributed by atoms with van der Waals surface area (Å²) < 4.78 is 37.8. The van der Waals surface area contributed by atoms with Crippen LogP contribution in [0.25, 0.3) is 0 Å². The molecule has 1 N–H and O–H groups in total. The van der Waals surface area contributed by atoms with Crippen LogP contribution < -0.4 is 5.32 Å². The molecule has 2 rings (SSSR count). The highest BCUT2D eigenvalue weighted by Crippen LogP contribution is 2.32. The van der Waals surface area contributed by atoms with E-state index in [0.29, 0.717) is 4.47 Å². The predicted molar refractivity (Wildman–Crippen MR) is 59.6 cm³/mol. The average Bonchev–Trinajstić information content (AvgIpc) is 3.00. The zero-order chi connectivity index (χ0) is 12.6. The maximum atomic E-state index is 12.5. The van der Waals surface area contributed by atoms with E-state index in [0.717, 1.165) is 25.0 Å². The molecule has 17 heavy (non-hydrogen) atoms. The third kappa shape index (κ3) is 3.00. The first kappa shape index (κ1) is 12.4. The van der Waals surface area contributed by atoms with Crippen molar-refractivity contribution in [1.82, 2.24) is 5.32 Å². The first-order valence-corrected chi connectivity index (χ1v) is 5.85. The molecule has 0 aliphatic heterocycles. The summed E-state index contributed by atoms with van der Waals surface area (Å²) in [6.07, 6.45) is -2.65. The molecule has 1 aromatic carbocycles. The molecule has 1 aliphatic carbocycles. The van der Waals surface area contributed by atoms with Gasteiger partial charge in [0.2, 0.25) is 0 Å². The summed E-state index contributed by atoms with van der Waals surface area (Å²) in [4.78, 5) is 11.7. The van der Waals surface area contributed by atoms with Crippen LogP contribution in [0.4, 0.5) is 13.2 Å².